The molecule has 0 radical (unpaired) electrons. The van der Waals surface area contributed by atoms with Crippen LogP contribution in [0.3, 0.4) is 0 Å². The molecule has 5 nitrogen and oxygen atoms in total. The first-order valence-electron chi connectivity index (χ1n) is 16.1. The average Bonchev–Trinajstić information content (AvgIpc) is 3.08. The Morgan fingerprint density at radius 2 is 0.898 bits per heavy atom. The Hall–Kier alpha value is -3.20. The van der Waals surface area contributed by atoms with E-state index in [1.165, 1.54) is 0 Å². The van der Waals surface area contributed by atoms with Gasteiger partial charge in [0.25, 0.3) is 0 Å². The predicted octanol–water partition coefficient (Wildman–Crippen LogP) is 12.4. The molecule has 0 saturated carbocycles. The molecule has 0 amide bonds. The highest BCUT2D eigenvalue weighted by Gasteiger charge is 2.13. The molecule has 0 aliphatic rings. The molecule has 4 aromatic carbocycles. The van der Waals surface area contributed by atoms with Crippen molar-refractivity contribution in [2.24, 2.45) is 23.7 Å². The minimum absolute atomic E-state index is 0.0494. The van der Waals surface area contributed by atoms with Crippen molar-refractivity contribution < 1.29 is 23.9 Å². The standard InChI is InChI=1S/C11H14O2.3C10H11BrO/c1-8(2)11(12)9-4-6-10(13-3)7-5-9;1-7(2)10(12)8-3-5-9(11)6-4-8;1-7(2)10(12)8-4-3-5-9(11)6-8;1-7(2)10(12)8-5-3-4-6-9(8)11/h4-8H,1-3H3;3*3-7H,1-2H3. The number of hydrogen-bond acceptors (Lipinski definition) is 5. The fourth-order valence-corrected chi connectivity index (χ4v) is 5.13. The lowest BCUT2D eigenvalue weighted by atomic mass is 10.0. The van der Waals surface area contributed by atoms with E-state index in [1.54, 1.807) is 31.4 Å². The molecule has 0 bridgehead atoms. The maximum Gasteiger partial charge on any atom is 0.166 e. The van der Waals surface area contributed by atoms with E-state index in [-0.39, 0.29) is 46.8 Å². The zero-order chi connectivity index (χ0) is 37.3. The Morgan fingerprint density at radius 1 is 0.469 bits per heavy atom. The van der Waals surface area contributed by atoms with Crippen molar-refractivity contribution in [3.8, 4) is 5.75 Å². The Morgan fingerprint density at radius 3 is 1.31 bits per heavy atom. The summed E-state index contributed by atoms with van der Waals surface area (Å²) in [6.45, 7) is 15.2. The largest absolute Gasteiger partial charge is 0.497 e. The maximum absolute atomic E-state index is 11.5. The van der Waals surface area contributed by atoms with E-state index in [0.29, 0.717) is 0 Å². The van der Waals surface area contributed by atoms with E-state index < -0.39 is 0 Å². The van der Waals surface area contributed by atoms with Gasteiger partial charge >= 0.3 is 0 Å². The summed E-state index contributed by atoms with van der Waals surface area (Å²) in [6.07, 6.45) is 0. The number of hydrogen-bond donors (Lipinski definition) is 0. The first-order chi connectivity index (χ1) is 23.0. The second-order valence-corrected chi connectivity index (χ2v) is 15.0. The van der Waals surface area contributed by atoms with Crippen LogP contribution in [-0.4, -0.2) is 30.2 Å². The van der Waals surface area contributed by atoms with Gasteiger partial charge in [-0.25, -0.2) is 0 Å². The highest BCUT2D eigenvalue weighted by molar-refractivity contribution is 9.11. The SMILES string of the molecule is CC(C)C(=O)c1ccc(Br)cc1.CC(C)C(=O)c1cccc(Br)c1.CC(C)C(=O)c1ccccc1Br.COc1ccc(C(=O)C(C)C)cc1. The first kappa shape index (κ1) is 43.8. The molecule has 0 unspecified atom stereocenters. The molecule has 0 aliphatic heterocycles. The Labute approximate surface area is 317 Å². The van der Waals surface area contributed by atoms with Gasteiger partial charge in [0.1, 0.15) is 5.75 Å². The molecule has 4 rings (SSSR count). The lowest BCUT2D eigenvalue weighted by molar-refractivity contribution is 0.0931. The third-order valence-corrected chi connectivity index (χ3v) is 8.56. The quantitative estimate of drug-likeness (QED) is 0.157. The third kappa shape index (κ3) is 15.9. The molecule has 0 atom stereocenters. The summed E-state index contributed by atoms with van der Waals surface area (Å²) in [4.78, 5) is 46.0. The van der Waals surface area contributed by atoms with Gasteiger partial charge in [-0.2, -0.15) is 0 Å². The van der Waals surface area contributed by atoms with E-state index in [1.807, 2.05) is 128 Å². The fraction of sp³-hybridized carbons (Fsp3) is 0.317. The summed E-state index contributed by atoms with van der Waals surface area (Å²) in [6, 6.07) is 29.6. The first-order valence-corrected chi connectivity index (χ1v) is 18.4. The lowest BCUT2D eigenvalue weighted by Crippen LogP contribution is -2.07. The highest BCUT2D eigenvalue weighted by Crippen LogP contribution is 2.19. The number of methoxy groups -OCH3 is 1. The molecule has 0 aromatic heterocycles. The number of carbonyl (C=O) groups is 4. The van der Waals surface area contributed by atoms with Crippen molar-refractivity contribution in [3.63, 3.8) is 0 Å². The minimum Gasteiger partial charge on any atom is -0.497 e. The van der Waals surface area contributed by atoms with E-state index in [2.05, 4.69) is 47.8 Å². The number of rotatable bonds is 9. The number of carbonyl (C=O) groups excluding carboxylic acids is 4. The number of benzene rings is 4. The lowest BCUT2D eigenvalue weighted by Gasteiger charge is -2.05. The Bertz CT molecular complexity index is 1640. The van der Waals surface area contributed by atoms with Gasteiger partial charge in [-0.3, -0.25) is 19.2 Å². The third-order valence-electron chi connectivity index (χ3n) is 6.85. The molecule has 0 N–H and O–H groups in total. The summed E-state index contributed by atoms with van der Waals surface area (Å²) in [5, 5.41) is 0. The Balaban J connectivity index is 0.000000327. The van der Waals surface area contributed by atoms with Crippen LogP contribution in [0.25, 0.3) is 0 Å². The number of ketones is 4. The molecule has 8 heteroatoms. The van der Waals surface area contributed by atoms with Gasteiger partial charge in [0.05, 0.1) is 7.11 Å². The number of Topliss-reactive ketones (excluding diaryl/α,β-unsaturated/α-hetero) is 4. The van der Waals surface area contributed by atoms with Crippen LogP contribution in [0.1, 0.15) is 96.8 Å². The van der Waals surface area contributed by atoms with Crippen LogP contribution in [0, 0.1) is 23.7 Å². The summed E-state index contributed by atoms with van der Waals surface area (Å²) < 4.78 is 7.83. The number of halogens is 3. The predicted molar refractivity (Wildman–Crippen MR) is 212 cm³/mol. The van der Waals surface area contributed by atoms with Gasteiger partial charge in [0.2, 0.25) is 0 Å². The van der Waals surface area contributed by atoms with Crippen LogP contribution in [0.4, 0.5) is 0 Å². The molecular weight excluding hydrogens is 812 g/mol. The van der Waals surface area contributed by atoms with E-state index in [0.717, 1.165) is 41.4 Å². The molecule has 0 saturated heterocycles. The fourth-order valence-electron chi connectivity index (χ4n) is 3.98. The second kappa shape index (κ2) is 22.5. The summed E-state index contributed by atoms with van der Waals surface area (Å²) in [5.74, 6) is 1.77. The van der Waals surface area contributed by atoms with Crippen LogP contribution in [0.2, 0.25) is 0 Å². The molecular formula is C41H47Br3O5. The van der Waals surface area contributed by atoms with Crippen molar-refractivity contribution in [2.45, 2.75) is 55.4 Å². The molecule has 0 heterocycles. The number of ether oxygens (including phenoxy) is 1. The molecule has 0 aliphatic carbocycles. The van der Waals surface area contributed by atoms with E-state index in [4.69, 9.17) is 4.74 Å². The van der Waals surface area contributed by atoms with Gasteiger partial charge in [-0.05, 0) is 54.6 Å². The normalized spacial score (nSPS) is 10.3. The van der Waals surface area contributed by atoms with Gasteiger partial charge in [0, 0.05) is 59.3 Å². The molecule has 0 fully saturated rings. The smallest absolute Gasteiger partial charge is 0.166 e. The van der Waals surface area contributed by atoms with Crippen LogP contribution in [0.15, 0.2) is 110 Å². The monoisotopic (exact) mass is 856 g/mol. The zero-order valence-electron chi connectivity index (χ0n) is 29.7. The van der Waals surface area contributed by atoms with Crippen molar-refractivity contribution in [1.29, 1.82) is 0 Å². The van der Waals surface area contributed by atoms with E-state index >= 15 is 0 Å². The maximum atomic E-state index is 11.5. The van der Waals surface area contributed by atoms with Crippen LogP contribution >= 0.6 is 47.8 Å². The van der Waals surface area contributed by atoms with Crippen LogP contribution < -0.4 is 4.74 Å². The Kier molecular flexibility index (Phi) is 20.1. The summed E-state index contributed by atoms with van der Waals surface area (Å²) in [5.41, 5.74) is 3.08. The van der Waals surface area contributed by atoms with Crippen LogP contribution in [-0.2, 0) is 0 Å². The zero-order valence-corrected chi connectivity index (χ0v) is 34.5. The summed E-state index contributed by atoms with van der Waals surface area (Å²) in [7, 11) is 1.61. The average molecular weight is 860 g/mol. The van der Waals surface area contributed by atoms with Gasteiger partial charge in [0.15, 0.2) is 23.1 Å². The van der Waals surface area contributed by atoms with E-state index in [9.17, 15) is 19.2 Å². The summed E-state index contributed by atoms with van der Waals surface area (Å²) >= 11 is 9.99. The molecule has 262 valence electrons. The minimum atomic E-state index is 0.0494. The van der Waals surface area contributed by atoms with Crippen molar-refractivity contribution >= 4 is 70.9 Å². The molecule has 49 heavy (non-hydrogen) atoms. The highest BCUT2D eigenvalue weighted by atomic mass is 79.9. The van der Waals surface area contributed by atoms with Crippen molar-refractivity contribution in [1.82, 2.24) is 0 Å². The molecule has 4 aromatic rings. The van der Waals surface area contributed by atoms with Gasteiger partial charge in [-0.1, -0.05) is 146 Å². The van der Waals surface area contributed by atoms with Crippen molar-refractivity contribution in [3.05, 3.63) is 133 Å². The van der Waals surface area contributed by atoms with Crippen molar-refractivity contribution in [2.75, 3.05) is 7.11 Å². The molecule has 0 spiro atoms. The van der Waals surface area contributed by atoms with Crippen LogP contribution in [0.5, 0.6) is 5.75 Å². The second-order valence-electron chi connectivity index (χ2n) is 12.3. The topological polar surface area (TPSA) is 77.5 Å². The van der Waals surface area contributed by atoms with Gasteiger partial charge < -0.3 is 4.74 Å². The van der Waals surface area contributed by atoms with Gasteiger partial charge in [-0.15, -0.1) is 0 Å².